The Hall–Kier alpha value is -3.39. The molecule has 0 saturated carbocycles. The van der Waals surface area contributed by atoms with Crippen LogP contribution in [0.3, 0.4) is 0 Å². The van der Waals surface area contributed by atoms with E-state index in [-0.39, 0.29) is 44.9 Å². The molecule has 1 unspecified atom stereocenters. The minimum atomic E-state index is -2.16. The number of aliphatic hydroxyl groups excluding tert-OH is 2. The van der Waals surface area contributed by atoms with Crippen LogP contribution in [0.1, 0.15) is 38.2 Å². The van der Waals surface area contributed by atoms with Crippen molar-refractivity contribution in [2.45, 2.75) is 68.1 Å². The Bertz CT molecular complexity index is 1060. The molecule has 3 amide bonds. The summed E-state index contributed by atoms with van der Waals surface area (Å²) < 4.78 is 4.98. The number of carbonyl (C=O) groups is 5. The number of hydrogen-bond donors (Lipinski definition) is 5. The molecule has 2 heterocycles. The van der Waals surface area contributed by atoms with E-state index >= 15 is 0 Å². The van der Waals surface area contributed by atoms with Gasteiger partial charge in [-0.15, -0.1) is 0 Å². The van der Waals surface area contributed by atoms with Crippen molar-refractivity contribution in [2.24, 2.45) is 11.5 Å². The molecule has 0 bridgehead atoms. The lowest BCUT2D eigenvalue weighted by atomic mass is 9.85. The van der Waals surface area contributed by atoms with E-state index in [0.717, 1.165) is 5.56 Å². The van der Waals surface area contributed by atoms with Crippen LogP contribution in [0.15, 0.2) is 30.3 Å². The van der Waals surface area contributed by atoms with Gasteiger partial charge in [-0.25, -0.2) is 9.69 Å². The Morgan fingerprint density at radius 2 is 1.89 bits per heavy atom. The minimum absolute atomic E-state index is 0.0868. The van der Waals surface area contributed by atoms with Crippen LogP contribution < -0.4 is 16.8 Å². The van der Waals surface area contributed by atoms with E-state index in [9.17, 15) is 34.2 Å². The average Bonchev–Trinajstić information content (AvgIpc) is 3.56. The highest BCUT2D eigenvalue weighted by molar-refractivity contribution is 5.96. The van der Waals surface area contributed by atoms with E-state index in [0.29, 0.717) is 12.8 Å². The van der Waals surface area contributed by atoms with Crippen LogP contribution in [0.2, 0.25) is 0 Å². The molecule has 2 aliphatic rings. The van der Waals surface area contributed by atoms with Crippen LogP contribution in [0, 0.1) is 0 Å². The minimum Gasteiger partial charge on any atom is -0.418 e. The number of aliphatic hydroxyl groups is 2. The van der Waals surface area contributed by atoms with Gasteiger partial charge in [-0.2, -0.15) is 0 Å². The van der Waals surface area contributed by atoms with Gasteiger partial charge in [-0.3, -0.25) is 19.2 Å². The topological polar surface area (TPSA) is 206 Å². The lowest BCUT2D eigenvalue weighted by Crippen LogP contribution is -2.71. The molecule has 38 heavy (non-hydrogen) atoms. The maximum atomic E-state index is 14.1. The molecule has 13 nitrogen and oxygen atoms in total. The smallest absolute Gasteiger partial charge is 0.406 e. The summed E-state index contributed by atoms with van der Waals surface area (Å²) in [5, 5.41) is 22.5. The van der Waals surface area contributed by atoms with Gasteiger partial charge >= 0.3 is 6.09 Å². The first-order valence-corrected chi connectivity index (χ1v) is 12.4. The summed E-state index contributed by atoms with van der Waals surface area (Å²) >= 11 is 0. The van der Waals surface area contributed by atoms with Gasteiger partial charge in [0.2, 0.25) is 17.5 Å². The lowest BCUT2D eigenvalue weighted by Gasteiger charge is -2.43. The number of rotatable bonds is 11. The Balaban J connectivity index is 2.03. The Morgan fingerprint density at radius 1 is 1.21 bits per heavy atom. The van der Waals surface area contributed by atoms with Crippen molar-refractivity contribution in [1.82, 2.24) is 15.1 Å². The standard InChI is InChI=1S/C25H35N5O8/c1-17(34)25(27,16-33)28-21(36)23(13-18-7-3-2-4-8-18)10-6-12-30(23)20(35)19-9-5-11-29(19)24(14-31,15-32)38-22(26)37/h2-4,7-8,14,16-17,19,32,34H,5-6,9-13,15,27H2,1H3,(H2,26,37)(H,28,36)/t17-,19+,23?,24-,25-/m1/s1. The molecule has 2 saturated heterocycles. The third kappa shape index (κ3) is 5.41. The predicted molar refractivity (Wildman–Crippen MR) is 133 cm³/mol. The van der Waals surface area contributed by atoms with Crippen LogP contribution >= 0.6 is 0 Å². The number of amides is 3. The maximum absolute atomic E-state index is 14.1. The molecule has 2 aliphatic heterocycles. The highest BCUT2D eigenvalue weighted by atomic mass is 16.6. The molecule has 13 heteroatoms. The second kappa shape index (κ2) is 11.6. The van der Waals surface area contributed by atoms with Gasteiger partial charge in [0, 0.05) is 19.5 Å². The van der Waals surface area contributed by atoms with E-state index in [1.54, 1.807) is 24.3 Å². The quantitative estimate of drug-likeness (QED) is 0.162. The molecule has 1 aromatic carbocycles. The normalized spacial score (nSPS) is 25.6. The number of benzene rings is 1. The molecule has 0 aromatic heterocycles. The van der Waals surface area contributed by atoms with Crippen LogP contribution in [0.4, 0.5) is 4.79 Å². The first-order chi connectivity index (χ1) is 18.0. The van der Waals surface area contributed by atoms with E-state index in [1.165, 1.54) is 16.7 Å². The fourth-order valence-corrected chi connectivity index (χ4v) is 5.32. The fourth-order valence-electron chi connectivity index (χ4n) is 5.32. The highest BCUT2D eigenvalue weighted by Gasteiger charge is 2.56. The molecule has 2 fully saturated rings. The Labute approximate surface area is 220 Å². The van der Waals surface area contributed by atoms with E-state index in [1.807, 2.05) is 6.07 Å². The van der Waals surface area contributed by atoms with Crippen molar-refractivity contribution in [3.8, 4) is 0 Å². The molecule has 0 aliphatic carbocycles. The van der Waals surface area contributed by atoms with Gasteiger partial charge in [0.25, 0.3) is 0 Å². The number of carbonyl (C=O) groups excluding carboxylic acids is 5. The monoisotopic (exact) mass is 533 g/mol. The summed E-state index contributed by atoms with van der Waals surface area (Å²) in [6.45, 7) is 0.663. The van der Waals surface area contributed by atoms with Crippen molar-refractivity contribution < 1.29 is 38.9 Å². The first kappa shape index (κ1) is 29.2. The van der Waals surface area contributed by atoms with Gasteiger partial charge in [0.05, 0.1) is 12.1 Å². The predicted octanol–water partition coefficient (Wildman–Crippen LogP) is -1.61. The third-order valence-electron chi connectivity index (χ3n) is 7.45. The molecule has 0 spiro atoms. The zero-order valence-corrected chi connectivity index (χ0v) is 21.2. The lowest BCUT2D eigenvalue weighted by molar-refractivity contribution is -0.170. The molecule has 208 valence electrons. The molecule has 0 radical (unpaired) electrons. The number of nitrogens with one attached hydrogen (secondary N) is 1. The van der Waals surface area contributed by atoms with Gasteiger partial charge < -0.3 is 36.6 Å². The van der Waals surface area contributed by atoms with E-state index in [4.69, 9.17) is 16.2 Å². The summed E-state index contributed by atoms with van der Waals surface area (Å²) in [6.07, 6.45) is -0.771. The number of aldehydes is 2. The van der Waals surface area contributed by atoms with Crippen LogP contribution in [-0.4, -0.2) is 99.3 Å². The number of likely N-dealkylation sites (tertiary alicyclic amines) is 2. The first-order valence-electron chi connectivity index (χ1n) is 12.4. The maximum Gasteiger partial charge on any atom is 0.406 e. The van der Waals surface area contributed by atoms with Crippen molar-refractivity contribution in [1.29, 1.82) is 0 Å². The summed E-state index contributed by atoms with van der Waals surface area (Å²) in [7, 11) is 0. The molecular weight excluding hydrogens is 498 g/mol. The zero-order chi connectivity index (χ0) is 28.1. The molecule has 7 N–H and O–H groups in total. The van der Waals surface area contributed by atoms with Crippen LogP contribution in [0.25, 0.3) is 0 Å². The largest absolute Gasteiger partial charge is 0.418 e. The molecule has 3 rings (SSSR count). The van der Waals surface area contributed by atoms with Gasteiger partial charge in [-0.05, 0) is 38.2 Å². The third-order valence-corrected chi connectivity index (χ3v) is 7.45. The van der Waals surface area contributed by atoms with Gasteiger partial charge in [0.1, 0.15) is 12.1 Å². The summed E-state index contributed by atoms with van der Waals surface area (Å²) in [6, 6.07) is 7.96. The molecule has 1 aromatic rings. The fraction of sp³-hybridized carbons (Fsp3) is 0.560. The van der Waals surface area contributed by atoms with Crippen LogP contribution in [-0.2, 0) is 30.3 Å². The number of hydrogen-bond acceptors (Lipinski definition) is 10. The van der Waals surface area contributed by atoms with Crippen LogP contribution in [0.5, 0.6) is 0 Å². The van der Waals surface area contributed by atoms with Crippen molar-refractivity contribution in [3.63, 3.8) is 0 Å². The van der Waals surface area contributed by atoms with E-state index < -0.39 is 53.6 Å². The van der Waals surface area contributed by atoms with Crippen molar-refractivity contribution >= 4 is 30.5 Å². The summed E-state index contributed by atoms with van der Waals surface area (Å²) in [5.41, 5.74) is 6.12. The number of ether oxygens (including phenoxy) is 1. The summed E-state index contributed by atoms with van der Waals surface area (Å²) in [4.78, 5) is 65.9. The van der Waals surface area contributed by atoms with E-state index in [2.05, 4.69) is 5.32 Å². The van der Waals surface area contributed by atoms with Crippen molar-refractivity contribution in [2.75, 3.05) is 19.7 Å². The Morgan fingerprint density at radius 3 is 2.45 bits per heavy atom. The second-order valence-electron chi connectivity index (χ2n) is 9.86. The number of nitrogens with zero attached hydrogens (tertiary/aromatic N) is 2. The second-order valence-corrected chi connectivity index (χ2v) is 9.86. The Kier molecular flexibility index (Phi) is 8.87. The number of nitrogens with two attached hydrogens (primary N) is 2. The molecular formula is C25H35N5O8. The SMILES string of the molecule is C[C@@H](O)[C@@](N)(C=O)NC(=O)C1(Cc2ccccc2)CCCN1C(=O)[C@@H]1CCCN1[C@@](C=O)(CO)OC(N)=O. The van der Waals surface area contributed by atoms with Crippen molar-refractivity contribution in [3.05, 3.63) is 35.9 Å². The number of primary amides is 1. The molecule has 5 atom stereocenters. The van der Waals surface area contributed by atoms with Gasteiger partial charge in [0.15, 0.2) is 18.2 Å². The van der Waals surface area contributed by atoms with Gasteiger partial charge in [-0.1, -0.05) is 30.3 Å². The zero-order valence-electron chi connectivity index (χ0n) is 21.2. The highest BCUT2D eigenvalue weighted by Crippen LogP contribution is 2.37. The average molecular weight is 534 g/mol. The summed E-state index contributed by atoms with van der Waals surface area (Å²) in [5.74, 6) is -1.24.